The molecule has 0 unspecified atom stereocenters. The normalized spacial score (nSPS) is 4.50. The molecule has 0 aromatic carbocycles. The van der Waals surface area contributed by atoms with Gasteiger partial charge in [0, 0.05) is 27.5 Å². The van der Waals surface area contributed by atoms with Gasteiger partial charge in [0.2, 0.25) is 0 Å². The van der Waals surface area contributed by atoms with E-state index < -0.39 is 27.5 Å². The van der Waals surface area contributed by atoms with Crippen LogP contribution < -0.4 is 28.8 Å². The quantitative estimate of drug-likeness (QED) is 0.387. The summed E-state index contributed by atoms with van der Waals surface area (Å²) in [6, 6.07) is 0. The molecule has 0 aliphatic rings. The van der Waals surface area contributed by atoms with Crippen LogP contribution in [-0.2, 0) is 13.4 Å². The van der Waals surface area contributed by atoms with Gasteiger partial charge >= 0.3 is 80.8 Å². The first kappa shape index (κ1) is 43.2. The molecule has 0 saturated carbocycles. The monoisotopic (exact) mass is 334 g/mol. The average Bonchev–Trinajstić information content (AvgIpc) is 1.54. The first-order valence-corrected chi connectivity index (χ1v) is 5.51. The summed E-state index contributed by atoms with van der Waals surface area (Å²) in [7, 11) is -10.9. The molecular formula is H4Al2Mg2O9Si3. The van der Waals surface area contributed by atoms with Gasteiger partial charge in [-0.05, 0) is 0 Å². The van der Waals surface area contributed by atoms with Crippen molar-refractivity contribution in [2.75, 3.05) is 0 Å². The van der Waals surface area contributed by atoms with E-state index in [9.17, 15) is 0 Å². The Balaban J connectivity index is -0.00000000562. The summed E-state index contributed by atoms with van der Waals surface area (Å²) in [6.07, 6.45) is 0. The van der Waals surface area contributed by atoms with Crippen molar-refractivity contribution in [1.29, 1.82) is 0 Å². The predicted octanol–water partition coefficient (Wildman–Crippen LogP) is -9.71. The molecule has 16 heavy (non-hydrogen) atoms. The molecule has 0 radical (unpaired) electrons. The van der Waals surface area contributed by atoms with Crippen molar-refractivity contribution in [2.24, 2.45) is 0 Å². The van der Waals surface area contributed by atoms with Crippen molar-refractivity contribution in [1.82, 2.24) is 0 Å². The molecule has 9 nitrogen and oxygen atoms in total. The molecule has 0 aromatic heterocycles. The molecule has 0 aliphatic carbocycles. The molecule has 16 heteroatoms. The van der Waals surface area contributed by atoms with Gasteiger partial charge in [-0.15, -0.1) is 0 Å². The Bertz CT molecular complexity index is 139. The van der Waals surface area contributed by atoms with Crippen LogP contribution in [0.15, 0.2) is 0 Å². The van der Waals surface area contributed by atoms with Gasteiger partial charge in [0.05, 0.1) is 0 Å². The maximum atomic E-state index is 8.52. The molecule has 0 N–H and O–H groups in total. The third kappa shape index (κ3) is 1540. The number of hydrogen-bond acceptors (Lipinski definition) is 9. The summed E-state index contributed by atoms with van der Waals surface area (Å²) in [5.41, 5.74) is 0. The van der Waals surface area contributed by atoms with Crippen LogP contribution in [0.25, 0.3) is 0 Å². The van der Waals surface area contributed by atoms with Crippen molar-refractivity contribution >= 4 is 108 Å². The largest absolute Gasteiger partial charge is 3.00 e. The Morgan fingerprint density at radius 2 is 0.562 bits per heavy atom. The van der Waals surface area contributed by atoms with Gasteiger partial charge in [-0.25, -0.2) is 0 Å². The number of rotatable bonds is 0. The standard InChI is InChI=1S/2Al.2Mg.3O3Si.4H/c;;;;3*1-4(2)3;;;;/q2*+3;2*+2;3*-2;4*-1. The van der Waals surface area contributed by atoms with Crippen molar-refractivity contribution in [3.63, 3.8) is 0 Å². The van der Waals surface area contributed by atoms with E-state index in [1.807, 2.05) is 0 Å². The van der Waals surface area contributed by atoms with Crippen molar-refractivity contribution in [3.05, 3.63) is 0 Å². The second kappa shape index (κ2) is 36.0. The van der Waals surface area contributed by atoms with Crippen LogP contribution in [0.3, 0.4) is 0 Å². The maximum absolute atomic E-state index is 8.52. The van der Waals surface area contributed by atoms with Gasteiger partial charge in [0.1, 0.15) is 0 Å². The molecule has 0 aliphatic heterocycles. The summed E-state index contributed by atoms with van der Waals surface area (Å²) < 4.78 is 25.6. The molecule has 0 rings (SSSR count). The zero-order valence-electron chi connectivity index (χ0n) is 11.7. The predicted molar refractivity (Wildman–Crippen MR) is 46.8 cm³/mol. The minimum atomic E-state index is -3.63. The van der Waals surface area contributed by atoms with E-state index in [2.05, 4.69) is 0 Å². The van der Waals surface area contributed by atoms with E-state index in [1.54, 1.807) is 0 Å². The van der Waals surface area contributed by atoms with Crippen LogP contribution in [0.5, 0.6) is 0 Å². The summed E-state index contributed by atoms with van der Waals surface area (Å²) in [5.74, 6) is 0. The molecule has 0 spiro atoms. The summed E-state index contributed by atoms with van der Waals surface area (Å²) in [4.78, 5) is 51.1. The van der Waals surface area contributed by atoms with Crippen molar-refractivity contribution in [2.45, 2.75) is 0 Å². The fraction of sp³-hybridized carbons (Fsp3) is 0. The Morgan fingerprint density at radius 3 is 0.562 bits per heavy atom. The van der Waals surface area contributed by atoms with E-state index in [1.165, 1.54) is 0 Å². The number of hydrogen-bond donors (Lipinski definition) is 0. The average molecular weight is 335 g/mol. The van der Waals surface area contributed by atoms with Crippen LogP contribution in [0.2, 0.25) is 0 Å². The molecule has 0 atom stereocenters. The third-order valence-electron chi connectivity index (χ3n) is 0. The molecule has 0 amide bonds. The summed E-state index contributed by atoms with van der Waals surface area (Å²) in [6.45, 7) is 0. The Labute approximate surface area is 155 Å². The van der Waals surface area contributed by atoms with Crippen LogP contribution >= 0.6 is 0 Å². The van der Waals surface area contributed by atoms with E-state index in [-0.39, 0.29) is 86.5 Å². The molecule has 0 heterocycles. The fourth-order valence-electron chi connectivity index (χ4n) is 0. The molecule has 0 fully saturated rings. The molecule has 0 saturated heterocycles. The first-order chi connectivity index (χ1) is 5.20. The molecular weight excluding hydrogens is 331 g/mol. The zero-order valence-corrected chi connectivity index (χ0v) is 15.9. The molecule has 0 aromatic rings. The molecule has 0 bridgehead atoms. The smallest absolute Gasteiger partial charge is 1.00 e. The van der Waals surface area contributed by atoms with Crippen molar-refractivity contribution in [3.8, 4) is 0 Å². The van der Waals surface area contributed by atoms with Gasteiger partial charge in [0.25, 0.3) is 0 Å². The van der Waals surface area contributed by atoms with Crippen LogP contribution in [0.4, 0.5) is 0 Å². The first-order valence-electron chi connectivity index (χ1n) is 1.84. The molecule has 80 valence electrons. The Hall–Kier alpha value is 1.45. The second-order valence-electron chi connectivity index (χ2n) is 0.750. The third-order valence-corrected chi connectivity index (χ3v) is 0. The van der Waals surface area contributed by atoms with E-state index >= 15 is 0 Å². The summed E-state index contributed by atoms with van der Waals surface area (Å²) >= 11 is 0. The minimum Gasteiger partial charge on any atom is -1.00 e. The SMILES string of the molecule is O=[Si]([O-])[O-].O=[Si]([O-])[O-].O=[Si]([O-])[O-].[Al+3].[Al+3].[H-].[H-].[H-].[H-].[Mg+2].[Mg+2]. The van der Waals surface area contributed by atoms with Gasteiger partial charge in [0.15, 0.2) is 0 Å². The van der Waals surface area contributed by atoms with Crippen LogP contribution in [-0.4, -0.2) is 108 Å². The van der Waals surface area contributed by atoms with Crippen LogP contribution in [0.1, 0.15) is 5.71 Å². The maximum Gasteiger partial charge on any atom is 3.00 e. The van der Waals surface area contributed by atoms with Crippen molar-refractivity contribution < 1.29 is 47.9 Å². The van der Waals surface area contributed by atoms with E-state index in [4.69, 9.17) is 42.2 Å². The van der Waals surface area contributed by atoms with E-state index in [0.29, 0.717) is 0 Å². The summed E-state index contributed by atoms with van der Waals surface area (Å²) in [5, 5.41) is 0. The fourth-order valence-corrected chi connectivity index (χ4v) is 0. The Kier molecular flexibility index (Phi) is 97.2. The topological polar surface area (TPSA) is 190 Å². The van der Waals surface area contributed by atoms with Gasteiger partial charge < -0.3 is 47.9 Å². The van der Waals surface area contributed by atoms with Gasteiger partial charge in [-0.3, -0.25) is 0 Å². The van der Waals surface area contributed by atoms with E-state index in [0.717, 1.165) is 0 Å². The zero-order chi connectivity index (χ0) is 10.7. The van der Waals surface area contributed by atoms with Gasteiger partial charge in [-0.2, -0.15) is 0 Å². The van der Waals surface area contributed by atoms with Crippen LogP contribution in [0, 0.1) is 0 Å². The minimum absolute atomic E-state index is 0. The van der Waals surface area contributed by atoms with Gasteiger partial charge in [-0.1, -0.05) is 0 Å². The second-order valence-corrected chi connectivity index (χ2v) is 2.25. The Morgan fingerprint density at radius 1 is 0.562 bits per heavy atom.